The zero-order valence-electron chi connectivity index (χ0n) is 40.7. The second-order valence-corrected chi connectivity index (χ2v) is 18.8. The van der Waals surface area contributed by atoms with Crippen molar-refractivity contribution in [3.63, 3.8) is 0 Å². The van der Waals surface area contributed by atoms with Crippen LogP contribution in [0.1, 0.15) is 174 Å². The molecule has 0 aromatic carbocycles. The Labute approximate surface area is 387 Å². The van der Waals surface area contributed by atoms with Gasteiger partial charge in [-0.3, -0.25) is 9.36 Å². The van der Waals surface area contributed by atoms with E-state index in [0.29, 0.717) is 23.9 Å². The summed E-state index contributed by atoms with van der Waals surface area (Å²) in [5, 5.41) is 13.9. The van der Waals surface area contributed by atoms with Crippen LogP contribution < -0.4 is 10.2 Å². The summed E-state index contributed by atoms with van der Waals surface area (Å²) in [6, 6.07) is -0.825. The predicted octanol–water partition coefficient (Wildman–Crippen LogP) is 13.8. The topological polar surface area (TPSA) is 108 Å². The number of unbranched alkanes of at least 4 members (excludes halogenated alkanes) is 12. The van der Waals surface area contributed by atoms with Gasteiger partial charge in [0.2, 0.25) is 5.91 Å². The maximum atomic E-state index is 12.9. The molecule has 0 saturated carbocycles. The number of hydrogen-bond acceptors (Lipinski definition) is 6. The van der Waals surface area contributed by atoms with Gasteiger partial charge in [0, 0.05) is 6.42 Å². The number of carbonyl (C=O) groups is 1. The number of aliphatic hydroxyl groups is 1. The Bertz CT molecular complexity index is 1390. The summed E-state index contributed by atoms with van der Waals surface area (Å²) in [5.74, 6) is -0.204. The highest BCUT2D eigenvalue weighted by molar-refractivity contribution is 7.45. The molecular weight excluding hydrogens is 804 g/mol. The fourth-order valence-corrected chi connectivity index (χ4v) is 7.11. The molecule has 360 valence electrons. The molecule has 0 aliphatic carbocycles. The maximum absolute atomic E-state index is 12.9. The monoisotopic (exact) mass is 897 g/mol. The van der Waals surface area contributed by atoms with Gasteiger partial charge >= 0.3 is 0 Å². The van der Waals surface area contributed by atoms with Crippen LogP contribution in [0.2, 0.25) is 0 Å². The molecule has 0 fully saturated rings. The molecule has 0 aliphatic heterocycles. The van der Waals surface area contributed by atoms with Crippen LogP contribution in [0.15, 0.2) is 109 Å². The van der Waals surface area contributed by atoms with Crippen molar-refractivity contribution in [3.05, 3.63) is 109 Å². The van der Waals surface area contributed by atoms with E-state index in [0.717, 1.165) is 103 Å². The van der Waals surface area contributed by atoms with Gasteiger partial charge in [0.05, 0.1) is 39.9 Å². The van der Waals surface area contributed by atoms with Crippen molar-refractivity contribution in [2.45, 2.75) is 187 Å². The first-order chi connectivity index (χ1) is 30.5. The molecule has 3 unspecified atom stereocenters. The minimum absolute atomic E-state index is 0.00120. The summed E-state index contributed by atoms with van der Waals surface area (Å²) in [6.45, 7) is 4.53. The van der Waals surface area contributed by atoms with E-state index in [4.69, 9.17) is 9.05 Å². The van der Waals surface area contributed by atoms with E-state index in [-0.39, 0.29) is 19.1 Å². The molecular formula is C54H93N2O6P. The summed E-state index contributed by atoms with van der Waals surface area (Å²) < 4.78 is 23.2. The van der Waals surface area contributed by atoms with Gasteiger partial charge in [-0.25, -0.2) is 0 Å². The zero-order valence-corrected chi connectivity index (χ0v) is 41.6. The predicted molar refractivity (Wildman–Crippen MR) is 269 cm³/mol. The number of phosphoric acid groups is 1. The highest BCUT2D eigenvalue weighted by atomic mass is 31.2. The van der Waals surface area contributed by atoms with E-state index in [1.165, 1.54) is 44.9 Å². The van der Waals surface area contributed by atoms with Crippen molar-refractivity contribution in [2.24, 2.45) is 0 Å². The van der Waals surface area contributed by atoms with Crippen LogP contribution in [0.25, 0.3) is 0 Å². The van der Waals surface area contributed by atoms with Gasteiger partial charge in [-0.2, -0.15) is 0 Å². The molecule has 0 heterocycles. The van der Waals surface area contributed by atoms with E-state index >= 15 is 0 Å². The third kappa shape index (κ3) is 47.0. The molecule has 0 spiro atoms. The van der Waals surface area contributed by atoms with Crippen molar-refractivity contribution < 1.29 is 32.9 Å². The first-order valence-electron chi connectivity index (χ1n) is 24.7. The Kier molecular flexibility index (Phi) is 42.4. The summed E-state index contributed by atoms with van der Waals surface area (Å²) in [7, 11) is 1.26. The minimum atomic E-state index is -4.58. The summed E-state index contributed by atoms with van der Waals surface area (Å²) in [4.78, 5) is 25.3. The number of rotatable bonds is 43. The van der Waals surface area contributed by atoms with Gasteiger partial charge in [0.15, 0.2) is 0 Å². The molecule has 63 heavy (non-hydrogen) atoms. The molecule has 0 saturated heterocycles. The fraction of sp³-hybridized carbons (Fsp3) is 0.648. The van der Waals surface area contributed by atoms with Gasteiger partial charge in [-0.1, -0.05) is 194 Å². The van der Waals surface area contributed by atoms with E-state index in [1.807, 2.05) is 21.1 Å². The quantitative estimate of drug-likeness (QED) is 0.0273. The van der Waals surface area contributed by atoms with E-state index < -0.39 is 20.0 Å². The van der Waals surface area contributed by atoms with Gasteiger partial charge < -0.3 is 28.8 Å². The fourth-order valence-electron chi connectivity index (χ4n) is 6.38. The van der Waals surface area contributed by atoms with E-state index in [2.05, 4.69) is 129 Å². The van der Waals surface area contributed by atoms with Gasteiger partial charge in [0.1, 0.15) is 13.2 Å². The molecule has 0 aromatic rings. The molecule has 0 radical (unpaired) electrons. The summed E-state index contributed by atoms with van der Waals surface area (Å²) in [5.41, 5.74) is 0. The molecule has 0 rings (SSSR count). The Morgan fingerprint density at radius 3 is 1.40 bits per heavy atom. The van der Waals surface area contributed by atoms with Crippen LogP contribution in [-0.2, 0) is 18.4 Å². The van der Waals surface area contributed by atoms with E-state index in [1.54, 1.807) is 0 Å². The number of nitrogens with one attached hydrogen (secondary N) is 1. The lowest BCUT2D eigenvalue weighted by atomic mass is 10.0. The minimum Gasteiger partial charge on any atom is -0.756 e. The number of amides is 1. The molecule has 3 atom stereocenters. The molecule has 8 nitrogen and oxygen atoms in total. The van der Waals surface area contributed by atoms with Crippen LogP contribution >= 0.6 is 7.82 Å². The second kappa shape index (κ2) is 44.4. The number of likely N-dealkylation sites (N-methyl/N-ethyl adjacent to an activating group) is 1. The average molecular weight is 897 g/mol. The molecule has 0 aliphatic rings. The van der Waals surface area contributed by atoms with Crippen molar-refractivity contribution in [1.29, 1.82) is 0 Å². The highest BCUT2D eigenvalue weighted by Crippen LogP contribution is 2.38. The lowest BCUT2D eigenvalue weighted by Gasteiger charge is -2.30. The van der Waals surface area contributed by atoms with E-state index in [9.17, 15) is 19.4 Å². The smallest absolute Gasteiger partial charge is 0.268 e. The Morgan fingerprint density at radius 2 is 0.968 bits per heavy atom. The zero-order chi connectivity index (χ0) is 46.4. The normalized spacial score (nSPS) is 15.1. The number of aliphatic hydroxyl groups excluding tert-OH is 1. The third-order valence-corrected chi connectivity index (χ3v) is 11.2. The van der Waals surface area contributed by atoms with Crippen LogP contribution in [0, 0.1) is 0 Å². The maximum Gasteiger partial charge on any atom is 0.268 e. The van der Waals surface area contributed by atoms with Crippen LogP contribution in [0.5, 0.6) is 0 Å². The van der Waals surface area contributed by atoms with Crippen LogP contribution in [0.3, 0.4) is 0 Å². The third-order valence-electron chi connectivity index (χ3n) is 10.3. The average Bonchev–Trinajstić information content (AvgIpc) is 3.24. The standard InChI is InChI=1S/C54H93N2O6P/c1-6-8-10-12-14-16-18-19-20-21-22-23-24-25-26-27-28-29-30-31-32-33-34-35-36-37-38-40-42-44-46-48-54(58)55-52(51-62-63(59,60)61-50-49-56(3,4)5)53(57)47-45-43-41-39-17-15-13-11-9-7-2/h8,10,14,16,19-20,22-23,25-26,28-29,31-32,34-35,37-38,52-53,57H,6-7,9,11-13,15,17-18,21,24,27,30,33,36,39-51H2,1-5H3,(H-,55,58,59,60)/b10-8-,16-14-,20-19-,23-22-,26-25-,29-28-,32-31-,35-34-,38-37-. The number of nitrogens with zero attached hydrogens (tertiary/aromatic N) is 1. The number of allylic oxidation sites excluding steroid dienone is 18. The van der Waals surface area contributed by atoms with Crippen molar-refractivity contribution in [3.8, 4) is 0 Å². The molecule has 0 bridgehead atoms. The molecule has 9 heteroatoms. The first-order valence-corrected chi connectivity index (χ1v) is 26.2. The summed E-state index contributed by atoms with van der Waals surface area (Å²) in [6.07, 6.45) is 64.0. The van der Waals surface area contributed by atoms with Gasteiger partial charge in [-0.15, -0.1) is 0 Å². The molecule has 2 N–H and O–H groups in total. The van der Waals surface area contributed by atoms with Crippen LogP contribution in [0.4, 0.5) is 0 Å². The van der Waals surface area contributed by atoms with Crippen molar-refractivity contribution in [1.82, 2.24) is 5.32 Å². The van der Waals surface area contributed by atoms with Gasteiger partial charge in [-0.05, 0) is 83.5 Å². The van der Waals surface area contributed by atoms with Crippen molar-refractivity contribution in [2.75, 3.05) is 40.9 Å². The number of carbonyl (C=O) groups excluding carboxylic acids is 1. The number of quaternary nitrogens is 1. The first kappa shape index (κ1) is 60.2. The molecule has 0 aromatic heterocycles. The number of hydrogen-bond donors (Lipinski definition) is 2. The Morgan fingerprint density at radius 1 is 0.571 bits per heavy atom. The second-order valence-electron chi connectivity index (χ2n) is 17.4. The highest BCUT2D eigenvalue weighted by Gasteiger charge is 2.24. The van der Waals surface area contributed by atoms with Crippen LogP contribution in [-0.4, -0.2) is 68.5 Å². The Hall–Kier alpha value is -2.84. The van der Waals surface area contributed by atoms with Crippen molar-refractivity contribution >= 4 is 13.7 Å². The SMILES string of the molecule is CC/C=C\C/C=C\C/C=C\C/C=C\C/C=C\C/C=C\C/C=C\C/C=C\C/C=C\CCCCCC(=O)NC(COP(=O)([O-])OCC[N+](C)(C)C)C(O)CCCCCCCCCCCC. The number of phosphoric ester groups is 1. The lowest BCUT2D eigenvalue weighted by Crippen LogP contribution is -2.46. The lowest BCUT2D eigenvalue weighted by molar-refractivity contribution is -0.870. The van der Waals surface area contributed by atoms with Gasteiger partial charge in [0.25, 0.3) is 7.82 Å². The largest absolute Gasteiger partial charge is 0.756 e. The molecule has 1 amide bonds. The summed E-state index contributed by atoms with van der Waals surface area (Å²) >= 11 is 0. The Balaban J connectivity index is 4.27.